The van der Waals surface area contributed by atoms with Crippen LogP contribution in [0.25, 0.3) is 10.9 Å². The summed E-state index contributed by atoms with van der Waals surface area (Å²) in [6, 6.07) is 18.6. The molecule has 3 aromatic rings. The van der Waals surface area contributed by atoms with Gasteiger partial charge in [-0.3, -0.25) is 4.79 Å². The molecule has 2 N–H and O–H groups in total. The molecule has 0 radical (unpaired) electrons. The molecule has 4 heteroatoms. The van der Waals surface area contributed by atoms with Crippen molar-refractivity contribution >= 4 is 16.8 Å². The van der Waals surface area contributed by atoms with Crippen molar-refractivity contribution in [1.82, 2.24) is 10.3 Å². The Hall–Kier alpha value is -2.59. The first-order chi connectivity index (χ1) is 12.3. The lowest BCUT2D eigenvalue weighted by Gasteiger charge is -2.17. The first kappa shape index (κ1) is 17.2. The van der Waals surface area contributed by atoms with Crippen molar-refractivity contribution < 1.29 is 9.53 Å². The standard InChI is InChI=1S/C21H24N2O2/c1-25-12-11-22-21(24)14-17(13-16-7-3-2-4-8-16)19-15-23-20-10-6-5-9-18(19)20/h2-10,15,17,23H,11-14H2,1H3,(H,22,24). The number of fused-ring (bicyclic) bond motifs is 1. The van der Waals surface area contributed by atoms with Crippen LogP contribution >= 0.6 is 0 Å². The average Bonchev–Trinajstić information content (AvgIpc) is 3.06. The van der Waals surface area contributed by atoms with Crippen molar-refractivity contribution in [2.75, 3.05) is 20.3 Å². The van der Waals surface area contributed by atoms with Gasteiger partial charge >= 0.3 is 0 Å². The lowest BCUT2D eigenvalue weighted by molar-refractivity contribution is -0.121. The number of para-hydroxylation sites is 1. The van der Waals surface area contributed by atoms with Crippen molar-refractivity contribution in [1.29, 1.82) is 0 Å². The largest absolute Gasteiger partial charge is 0.383 e. The minimum atomic E-state index is 0.0586. The highest BCUT2D eigenvalue weighted by atomic mass is 16.5. The second-order valence-corrected chi connectivity index (χ2v) is 6.22. The van der Waals surface area contributed by atoms with E-state index in [0.717, 1.165) is 11.9 Å². The van der Waals surface area contributed by atoms with Gasteiger partial charge in [0.15, 0.2) is 0 Å². The molecule has 2 aromatic carbocycles. The van der Waals surface area contributed by atoms with Gasteiger partial charge in [0.1, 0.15) is 0 Å². The van der Waals surface area contributed by atoms with Crippen molar-refractivity contribution in [3.05, 3.63) is 71.9 Å². The maximum absolute atomic E-state index is 12.4. The van der Waals surface area contributed by atoms with Crippen LogP contribution in [0.1, 0.15) is 23.5 Å². The summed E-state index contributed by atoms with van der Waals surface area (Å²) in [7, 11) is 1.64. The molecule has 0 bridgehead atoms. The molecule has 3 rings (SSSR count). The molecular weight excluding hydrogens is 312 g/mol. The van der Waals surface area contributed by atoms with Gasteiger partial charge in [-0.15, -0.1) is 0 Å². The van der Waals surface area contributed by atoms with Crippen molar-refractivity contribution in [3.63, 3.8) is 0 Å². The van der Waals surface area contributed by atoms with Gasteiger partial charge in [0.25, 0.3) is 0 Å². The van der Waals surface area contributed by atoms with E-state index in [1.807, 2.05) is 36.5 Å². The summed E-state index contributed by atoms with van der Waals surface area (Å²) >= 11 is 0. The number of hydrogen-bond acceptors (Lipinski definition) is 2. The summed E-state index contributed by atoms with van der Waals surface area (Å²) in [5.41, 5.74) is 3.54. The number of rotatable bonds is 8. The lowest BCUT2D eigenvalue weighted by atomic mass is 9.88. The number of carbonyl (C=O) groups is 1. The van der Waals surface area contributed by atoms with E-state index in [-0.39, 0.29) is 11.8 Å². The number of hydrogen-bond donors (Lipinski definition) is 2. The zero-order valence-corrected chi connectivity index (χ0v) is 14.5. The van der Waals surface area contributed by atoms with Crippen LogP contribution < -0.4 is 5.32 Å². The molecular formula is C21H24N2O2. The predicted molar refractivity (Wildman–Crippen MR) is 101 cm³/mol. The van der Waals surface area contributed by atoms with Crippen LogP contribution in [0.4, 0.5) is 0 Å². The van der Waals surface area contributed by atoms with Crippen LogP contribution in [0, 0.1) is 0 Å². The topological polar surface area (TPSA) is 54.1 Å². The van der Waals surface area contributed by atoms with Crippen LogP contribution in [0.5, 0.6) is 0 Å². The Balaban J connectivity index is 1.82. The van der Waals surface area contributed by atoms with Crippen molar-refractivity contribution in [2.24, 2.45) is 0 Å². The van der Waals surface area contributed by atoms with Gasteiger partial charge in [0, 0.05) is 37.2 Å². The molecule has 1 unspecified atom stereocenters. The minimum absolute atomic E-state index is 0.0586. The summed E-state index contributed by atoms with van der Waals surface area (Å²) < 4.78 is 5.00. The summed E-state index contributed by atoms with van der Waals surface area (Å²) in [6.45, 7) is 1.07. The molecule has 0 aliphatic heterocycles. The summed E-state index contributed by atoms with van der Waals surface area (Å²) in [5, 5.41) is 4.12. The van der Waals surface area contributed by atoms with E-state index in [2.05, 4.69) is 34.6 Å². The summed E-state index contributed by atoms with van der Waals surface area (Å²) in [4.78, 5) is 15.7. The zero-order valence-electron chi connectivity index (χ0n) is 14.5. The Labute approximate surface area is 148 Å². The van der Waals surface area contributed by atoms with Crippen molar-refractivity contribution in [3.8, 4) is 0 Å². The molecule has 0 aliphatic carbocycles. The number of carbonyl (C=O) groups excluding carboxylic acids is 1. The Morgan fingerprint density at radius 2 is 1.88 bits per heavy atom. The Bertz CT molecular complexity index is 811. The Morgan fingerprint density at radius 1 is 1.12 bits per heavy atom. The fraction of sp³-hybridized carbons (Fsp3) is 0.286. The van der Waals surface area contributed by atoms with Crippen LogP contribution in [-0.2, 0) is 16.0 Å². The monoisotopic (exact) mass is 336 g/mol. The van der Waals surface area contributed by atoms with E-state index in [9.17, 15) is 4.79 Å². The number of ether oxygens (including phenoxy) is 1. The van der Waals surface area contributed by atoms with Gasteiger partial charge in [-0.25, -0.2) is 0 Å². The zero-order chi connectivity index (χ0) is 17.5. The number of aromatic nitrogens is 1. The lowest BCUT2D eigenvalue weighted by Crippen LogP contribution is -2.28. The second-order valence-electron chi connectivity index (χ2n) is 6.22. The van der Waals surface area contributed by atoms with E-state index in [1.54, 1.807) is 7.11 Å². The molecule has 1 heterocycles. The fourth-order valence-electron chi connectivity index (χ4n) is 3.21. The predicted octanol–water partition coefficient (Wildman–Crippen LogP) is 3.65. The van der Waals surface area contributed by atoms with Gasteiger partial charge in [0.2, 0.25) is 5.91 Å². The van der Waals surface area contributed by atoms with E-state index in [0.29, 0.717) is 19.6 Å². The Kier molecular flexibility index (Phi) is 5.86. The highest BCUT2D eigenvalue weighted by molar-refractivity contribution is 5.85. The molecule has 4 nitrogen and oxygen atoms in total. The average molecular weight is 336 g/mol. The van der Waals surface area contributed by atoms with Crippen LogP contribution in [0.3, 0.4) is 0 Å². The summed E-state index contributed by atoms with van der Waals surface area (Å²) in [5.74, 6) is 0.185. The number of methoxy groups -OCH3 is 1. The van der Waals surface area contributed by atoms with Gasteiger partial charge in [-0.05, 0) is 29.5 Å². The van der Waals surface area contributed by atoms with Gasteiger partial charge in [-0.1, -0.05) is 48.5 Å². The van der Waals surface area contributed by atoms with Gasteiger partial charge in [-0.2, -0.15) is 0 Å². The number of amides is 1. The third kappa shape index (κ3) is 4.48. The number of nitrogens with one attached hydrogen (secondary N) is 2. The molecule has 0 saturated carbocycles. The quantitative estimate of drug-likeness (QED) is 0.617. The normalized spacial score (nSPS) is 12.2. The van der Waals surface area contributed by atoms with Crippen molar-refractivity contribution in [2.45, 2.75) is 18.8 Å². The molecule has 130 valence electrons. The van der Waals surface area contributed by atoms with Crippen LogP contribution in [0.2, 0.25) is 0 Å². The highest BCUT2D eigenvalue weighted by Crippen LogP contribution is 2.30. The smallest absolute Gasteiger partial charge is 0.220 e. The number of aromatic amines is 1. The second kappa shape index (κ2) is 8.49. The van der Waals surface area contributed by atoms with E-state index in [4.69, 9.17) is 4.74 Å². The SMILES string of the molecule is COCCNC(=O)CC(Cc1ccccc1)c1c[nH]c2ccccc12. The maximum Gasteiger partial charge on any atom is 0.220 e. The molecule has 25 heavy (non-hydrogen) atoms. The molecule has 0 fully saturated rings. The van der Waals surface area contributed by atoms with E-state index >= 15 is 0 Å². The van der Waals surface area contributed by atoms with Gasteiger partial charge in [0.05, 0.1) is 6.61 Å². The van der Waals surface area contributed by atoms with E-state index in [1.165, 1.54) is 16.5 Å². The minimum Gasteiger partial charge on any atom is -0.383 e. The van der Waals surface area contributed by atoms with Crippen LogP contribution in [0.15, 0.2) is 60.8 Å². The molecule has 0 aliphatic rings. The molecule has 1 amide bonds. The molecule has 0 spiro atoms. The van der Waals surface area contributed by atoms with E-state index < -0.39 is 0 Å². The first-order valence-corrected chi connectivity index (χ1v) is 8.63. The van der Waals surface area contributed by atoms with Gasteiger partial charge < -0.3 is 15.0 Å². The van der Waals surface area contributed by atoms with Crippen LogP contribution in [-0.4, -0.2) is 31.2 Å². The molecule has 1 aromatic heterocycles. The number of benzene rings is 2. The summed E-state index contributed by atoms with van der Waals surface area (Å²) in [6.07, 6.45) is 3.33. The maximum atomic E-state index is 12.4. The highest BCUT2D eigenvalue weighted by Gasteiger charge is 2.20. The molecule has 0 saturated heterocycles. The fourth-order valence-corrected chi connectivity index (χ4v) is 3.21. The Morgan fingerprint density at radius 3 is 2.68 bits per heavy atom. The number of H-pyrrole nitrogens is 1. The third-order valence-corrected chi connectivity index (χ3v) is 4.45. The molecule has 1 atom stereocenters. The first-order valence-electron chi connectivity index (χ1n) is 8.63. The third-order valence-electron chi connectivity index (χ3n) is 4.45.